The van der Waals surface area contributed by atoms with Crippen molar-refractivity contribution in [3.8, 4) is 0 Å². The van der Waals surface area contributed by atoms with E-state index in [4.69, 9.17) is 10.3 Å². The van der Waals surface area contributed by atoms with Crippen molar-refractivity contribution in [1.82, 2.24) is 0 Å². The first-order valence-electron chi connectivity index (χ1n) is 3.35. The largest absolute Gasteiger partial charge is 0.478 e. The average Bonchev–Trinajstić information content (AvgIpc) is 2.04. The zero-order chi connectivity index (χ0) is 9.84. The van der Waals surface area contributed by atoms with Crippen molar-refractivity contribution in [2.24, 2.45) is 5.16 Å². The predicted molar refractivity (Wildman–Crippen MR) is 50.5 cm³/mol. The van der Waals surface area contributed by atoms with Gasteiger partial charge < -0.3 is 10.3 Å². The molecule has 4 nitrogen and oxygen atoms in total. The first-order valence-corrected chi connectivity index (χ1v) is 4.14. The lowest BCUT2D eigenvalue weighted by atomic mass is 10.1. The SMILES string of the molecule is O=C(O)c1ccc(C=NO)cc1Br. The second kappa shape index (κ2) is 4.04. The minimum Gasteiger partial charge on any atom is -0.478 e. The van der Waals surface area contributed by atoms with E-state index in [2.05, 4.69) is 21.1 Å². The molecule has 0 saturated heterocycles. The van der Waals surface area contributed by atoms with E-state index in [0.717, 1.165) is 0 Å². The highest BCUT2D eigenvalue weighted by Crippen LogP contribution is 2.17. The Morgan fingerprint density at radius 3 is 2.69 bits per heavy atom. The van der Waals surface area contributed by atoms with Gasteiger partial charge in [-0.05, 0) is 33.6 Å². The summed E-state index contributed by atoms with van der Waals surface area (Å²) in [7, 11) is 0. The topological polar surface area (TPSA) is 69.9 Å². The minimum atomic E-state index is -1.00. The molecular formula is C8H6BrNO3. The van der Waals surface area contributed by atoms with Crippen LogP contribution in [0.2, 0.25) is 0 Å². The fourth-order valence-corrected chi connectivity index (χ4v) is 1.42. The monoisotopic (exact) mass is 243 g/mol. The molecule has 1 aromatic rings. The molecule has 0 bridgehead atoms. The summed E-state index contributed by atoms with van der Waals surface area (Å²) in [4.78, 5) is 10.6. The third-order valence-electron chi connectivity index (χ3n) is 1.43. The number of nitrogens with zero attached hydrogens (tertiary/aromatic N) is 1. The van der Waals surface area contributed by atoms with Gasteiger partial charge in [0.1, 0.15) is 0 Å². The van der Waals surface area contributed by atoms with E-state index >= 15 is 0 Å². The summed E-state index contributed by atoms with van der Waals surface area (Å²) in [5.74, 6) is -1.00. The Hall–Kier alpha value is -1.36. The zero-order valence-corrected chi connectivity index (χ0v) is 8.02. The van der Waals surface area contributed by atoms with Crippen LogP contribution in [0.4, 0.5) is 0 Å². The molecule has 13 heavy (non-hydrogen) atoms. The predicted octanol–water partition coefficient (Wildman–Crippen LogP) is 1.96. The van der Waals surface area contributed by atoms with Crippen LogP contribution in [-0.2, 0) is 0 Å². The maximum Gasteiger partial charge on any atom is 0.336 e. The van der Waals surface area contributed by atoms with Gasteiger partial charge >= 0.3 is 5.97 Å². The molecule has 0 aliphatic rings. The summed E-state index contributed by atoms with van der Waals surface area (Å²) in [6.07, 6.45) is 1.22. The molecule has 0 spiro atoms. The summed E-state index contributed by atoms with van der Waals surface area (Å²) >= 11 is 3.09. The number of hydrogen-bond acceptors (Lipinski definition) is 3. The molecule has 0 saturated carbocycles. The van der Waals surface area contributed by atoms with Gasteiger partial charge in [-0.1, -0.05) is 11.2 Å². The molecule has 0 amide bonds. The smallest absolute Gasteiger partial charge is 0.336 e. The third kappa shape index (κ3) is 2.29. The van der Waals surface area contributed by atoms with Crippen LogP contribution >= 0.6 is 15.9 Å². The molecule has 0 heterocycles. The summed E-state index contributed by atoms with van der Waals surface area (Å²) in [5, 5.41) is 19.7. The molecule has 2 N–H and O–H groups in total. The van der Waals surface area contributed by atoms with Gasteiger partial charge in [0.15, 0.2) is 0 Å². The standard InChI is InChI=1S/C8H6BrNO3/c9-7-3-5(4-10-13)1-2-6(7)8(11)12/h1-4,13H,(H,11,12). The van der Waals surface area contributed by atoms with Crippen LogP contribution in [0.5, 0.6) is 0 Å². The maximum atomic E-state index is 10.6. The molecule has 68 valence electrons. The van der Waals surface area contributed by atoms with Gasteiger partial charge in [-0.2, -0.15) is 0 Å². The Labute approximate surface area is 82.6 Å². The first-order chi connectivity index (χ1) is 6.15. The Balaban J connectivity index is 3.12. The molecule has 0 fully saturated rings. The lowest BCUT2D eigenvalue weighted by Gasteiger charge is -1.98. The van der Waals surface area contributed by atoms with Crippen molar-refractivity contribution in [2.45, 2.75) is 0 Å². The van der Waals surface area contributed by atoms with E-state index in [9.17, 15) is 4.79 Å². The second-order valence-corrected chi connectivity index (χ2v) is 3.14. The third-order valence-corrected chi connectivity index (χ3v) is 2.09. The van der Waals surface area contributed by atoms with Crippen LogP contribution in [0, 0.1) is 0 Å². The van der Waals surface area contributed by atoms with Crippen LogP contribution in [0.15, 0.2) is 27.8 Å². The molecule has 0 radical (unpaired) electrons. The van der Waals surface area contributed by atoms with Crippen molar-refractivity contribution in [2.75, 3.05) is 0 Å². The zero-order valence-electron chi connectivity index (χ0n) is 6.44. The molecular weight excluding hydrogens is 238 g/mol. The Bertz CT molecular complexity index is 362. The van der Waals surface area contributed by atoms with Crippen molar-refractivity contribution in [1.29, 1.82) is 0 Å². The van der Waals surface area contributed by atoms with E-state index in [1.807, 2.05) is 0 Å². The molecule has 0 unspecified atom stereocenters. The van der Waals surface area contributed by atoms with Gasteiger partial charge in [0.2, 0.25) is 0 Å². The number of aromatic carboxylic acids is 1. The molecule has 5 heteroatoms. The number of halogens is 1. The van der Waals surface area contributed by atoms with E-state index in [1.54, 1.807) is 12.1 Å². The molecule has 1 aromatic carbocycles. The van der Waals surface area contributed by atoms with Gasteiger partial charge in [0, 0.05) is 4.47 Å². The van der Waals surface area contributed by atoms with Gasteiger partial charge in [0.05, 0.1) is 11.8 Å². The van der Waals surface area contributed by atoms with E-state index in [-0.39, 0.29) is 5.56 Å². The van der Waals surface area contributed by atoms with Crippen molar-refractivity contribution >= 4 is 28.1 Å². The van der Waals surface area contributed by atoms with Crippen molar-refractivity contribution < 1.29 is 15.1 Å². The number of carbonyl (C=O) groups is 1. The van der Waals surface area contributed by atoms with Gasteiger partial charge in [-0.3, -0.25) is 0 Å². The number of hydrogen-bond donors (Lipinski definition) is 2. The van der Waals surface area contributed by atoms with Gasteiger partial charge in [0.25, 0.3) is 0 Å². The highest BCUT2D eigenvalue weighted by atomic mass is 79.9. The molecule has 1 rings (SSSR count). The number of carboxylic acids is 1. The Kier molecular flexibility index (Phi) is 3.02. The molecule has 0 aliphatic carbocycles. The van der Waals surface area contributed by atoms with Crippen LogP contribution in [0.3, 0.4) is 0 Å². The second-order valence-electron chi connectivity index (χ2n) is 2.29. The van der Waals surface area contributed by atoms with E-state index in [0.29, 0.717) is 10.0 Å². The first kappa shape index (κ1) is 9.73. The van der Waals surface area contributed by atoms with E-state index in [1.165, 1.54) is 12.3 Å². The lowest BCUT2D eigenvalue weighted by molar-refractivity contribution is 0.0696. The highest BCUT2D eigenvalue weighted by Gasteiger charge is 2.07. The van der Waals surface area contributed by atoms with Crippen molar-refractivity contribution in [3.63, 3.8) is 0 Å². The number of oxime groups is 1. The minimum absolute atomic E-state index is 0.176. The Morgan fingerprint density at radius 1 is 1.54 bits per heavy atom. The molecule has 0 aromatic heterocycles. The number of benzene rings is 1. The van der Waals surface area contributed by atoms with Crippen LogP contribution in [0.1, 0.15) is 15.9 Å². The summed E-state index contributed by atoms with van der Waals surface area (Å²) in [6, 6.07) is 4.54. The van der Waals surface area contributed by atoms with Crippen molar-refractivity contribution in [3.05, 3.63) is 33.8 Å². The van der Waals surface area contributed by atoms with E-state index < -0.39 is 5.97 Å². The van der Waals surface area contributed by atoms with Crippen LogP contribution in [-0.4, -0.2) is 22.5 Å². The normalized spacial score (nSPS) is 10.5. The van der Waals surface area contributed by atoms with Gasteiger partial charge in [-0.15, -0.1) is 0 Å². The summed E-state index contributed by atoms with van der Waals surface area (Å²) < 4.78 is 0.456. The van der Waals surface area contributed by atoms with Crippen LogP contribution in [0.25, 0.3) is 0 Å². The average molecular weight is 244 g/mol. The number of carboxylic acid groups (broad SMARTS) is 1. The fraction of sp³-hybridized carbons (Fsp3) is 0. The van der Waals surface area contributed by atoms with Gasteiger partial charge in [-0.25, -0.2) is 4.79 Å². The summed E-state index contributed by atoms with van der Waals surface area (Å²) in [5.41, 5.74) is 0.800. The quantitative estimate of drug-likeness (QED) is 0.474. The summed E-state index contributed by atoms with van der Waals surface area (Å²) in [6.45, 7) is 0. The molecule has 0 aliphatic heterocycles. The Morgan fingerprint density at radius 2 is 2.23 bits per heavy atom. The maximum absolute atomic E-state index is 10.6. The lowest BCUT2D eigenvalue weighted by Crippen LogP contribution is -1.97. The highest BCUT2D eigenvalue weighted by molar-refractivity contribution is 9.10. The fourth-order valence-electron chi connectivity index (χ4n) is 0.852. The number of rotatable bonds is 2. The molecule has 0 atom stereocenters. The van der Waals surface area contributed by atoms with Crippen LogP contribution < -0.4 is 0 Å².